The zero-order valence-electron chi connectivity index (χ0n) is 42.0. The van der Waals surface area contributed by atoms with Crippen molar-refractivity contribution >= 4 is 0 Å². The zero-order chi connectivity index (χ0) is 52.2. The Balaban J connectivity index is 0.821. The molecule has 4 saturated carbocycles. The molecule has 1 spiro atoms. The molecule has 0 unspecified atom stereocenters. The molecule has 23 nitrogen and oxygen atoms in total. The van der Waals surface area contributed by atoms with E-state index in [1.165, 1.54) is 0 Å². The molecule has 0 bridgehead atoms. The fourth-order valence-corrected chi connectivity index (χ4v) is 15.9. The van der Waals surface area contributed by atoms with Crippen LogP contribution in [0.25, 0.3) is 0 Å². The minimum atomic E-state index is -1.99. The van der Waals surface area contributed by atoms with Crippen LogP contribution in [0.15, 0.2) is 0 Å². The van der Waals surface area contributed by atoms with Crippen molar-refractivity contribution in [1.82, 2.24) is 0 Å². The number of aliphatic hydroxyl groups excluding tert-OH is 13. The lowest BCUT2D eigenvalue weighted by Crippen LogP contribution is -2.68. The Kier molecular flexibility index (Phi) is 16.1. The lowest BCUT2D eigenvalue weighted by atomic mass is 9.43. The van der Waals surface area contributed by atoms with Gasteiger partial charge in [0.25, 0.3) is 0 Å². The molecule has 6 aliphatic heterocycles. The quantitative estimate of drug-likeness (QED) is 0.0902. The molecule has 10 fully saturated rings. The summed E-state index contributed by atoms with van der Waals surface area (Å²) in [5.41, 5.74) is -0.283. The Morgan fingerprint density at radius 2 is 1.16 bits per heavy atom. The highest BCUT2D eigenvalue weighted by atomic mass is 16.8. The maximum absolute atomic E-state index is 12.3. The summed E-state index contributed by atoms with van der Waals surface area (Å²) in [5.74, 6) is 2.03. The molecule has 0 radical (unpaired) electrons. The molecule has 6 heterocycles. The monoisotopic (exact) mass is 1050 g/mol. The summed E-state index contributed by atoms with van der Waals surface area (Å²) < 4.78 is 61.2. The smallest absolute Gasteiger partial charge is 0.187 e. The van der Waals surface area contributed by atoms with Crippen LogP contribution in [0, 0.1) is 52.3 Å². The van der Waals surface area contributed by atoms with Gasteiger partial charge < -0.3 is 114 Å². The van der Waals surface area contributed by atoms with Gasteiger partial charge in [0.05, 0.1) is 51.3 Å². The summed E-state index contributed by atoms with van der Waals surface area (Å²) in [6, 6.07) is 0. The molecule has 73 heavy (non-hydrogen) atoms. The van der Waals surface area contributed by atoms with Crippen LogP contribution in [0.5, 0.6) is 0 Å². The average molecular weight is 1050 g/mol. The Morgan fingerprint density at radius 3 is 1.86 bits per heavy atom. The SMILES string of the molecule is C[C@H]1CC[C@@]2(OC1)O[C@H]1C[C@H]3[C@@H]4CC[C@@H]5C[C@H](O[C@H]6O[C@@H](CO)[C@H](O[C@H]7O[C@@H](CO)[C@H](O)[C@@H](O[C@H]8O[C@@H](CO)[C@H](O)[C@@H](O)[C@@H]8O)[C@@H]7O[C@H]7OC[C@H](O)[C@@H](O)[C@@H]7O)[C@@H](O)[C@@H]6O)C[C@@H](O)[C@]5(C)[C@H]4CC[C@@]3(C)[C@H]1[C@@H]2C. The summed E-state index contributed by atoms with van der Waals surface area (Å²) in [6.45, 7) is 6.93. The van der Waals surface area contributed by atoms with Crippen molar-refractivity contribution < 1.29 is 114 Å². The van der Waals surface area contributed by atoms with Crippen LogP contribution in [0.1, 0.15) is 85.5 Å². The first-order valence-corrected chi connectivity index (χ1v) is 26.8. The van der Waals surface area contributed by atoms with E-state index in [9.17, 15) is 66.4 Å². The zero-order valence-corrected chi connectivity index (χ0v) is 42.0. The third-order valence-electron chi connectivity index (χ3n) is 20.1. The third-order valence-corrected chi connectivity index (χ3v) is 20.1. The van der Waals surface area contributed by atoms with Crippen LogP contribution < -0.4 is 0 Å². The molecule has 0 aromatic carbocycles. The molecule has 0 aromatic heterocycles. The molecule has 0 aromatic rings. The summed E-state index contributed by atoms with van der Waals surface area (Å²) in [7, 11) is 0. The van der Waals surface area contributed by atoms with Crippen molar-refractivity contribution in [2.24, 2.45) is 52.3 Å². The van der Waals surface area contributed by atoms with Gasteiger partial charge in [0, 0.05) is 18.8 Å². The van der Waals surface area contributed by atoms with Crippen LogP contribution >= 0.6 is 0 Å². The summed E-state index contributed by atoms with van der Waals surface area (Å²) in [4.78, 5) is 0. The van der Waals surface area contributed by atoms with Gasteiger partial charge in [0.15, 0.2) is 30.9 Å². The topological polar surface area (TPSA) is 355 Å². The highest BCUT2D eigenvalue weighted by molar-refractivity contribution is 5.16. The van der Waals surface area contributed by atoms with Crippen molar-refractivity contribution in [1.29, 1.82) is 0 Å². The first kappa shape index (κ1) is 55.4. The van der Waals surface area contributed by atoms with E-state index in [0.29, 0.717) is 41.9 Å². The van der Waals surface area contributed by atoms with E-state index in [1.54, 1.807) is 0 Å². The van der Waals surface area contributed by atoms with Crippen LogP contribution in [-0.4, -0.2) is 240 Å². The maximum Gasteiger partial charge on any atom is 0.187 e. The second kappa shape index (κ2) is 21.3. The van der Waals surface area contributed by atoms with Gasteiger partial charge in [-0.05, 0) is 91.3 Å². The Labute approximate surface area is 424 Å². The van der Waals surface area contributed by atoms with Crippen molar-refractivity contribution in [2.75, 3.05) is 33.0 Å². The molecule has 6 saturated heterocycles. The number of fused-ring (bicyclic) bond motifs is 7. The molecular weight excluding hydrogens is 969 g/mol. The number of ether oxygens (including phenoxy) is 10. The predicted octanol–water partition coefficient (Wildman–Crippen LogP) is -3.30. The lowest BCUT2D eigenvalue weighted by molar-refractivity contribution is -0.403. The van der Waals surface area contributed by atoms with Crippen molar-refractivity contribution in [3.63, 3.8) is 0 Å². The molecule has 420 valence electrons. The van der Waals surface area contributed by atoms with Crippen molar-refractivity contribution in [3.8, 4) is 0 Å². The largest absolute Gasteiger partial charge is 0.394 e. The Hall–Kier alpha value is -0.920. The van der Waals surface area contributed by atoms with Gasteiger partial charge >= 0.3 is 0 Å². The van der Waals surface area contributed by atoms with Gasteiger partial charge in [-0.2, -0.15) is 0 Å². The maximum atomic E-state index is 12.3. The van der Waals surface area contributed by atoms with Crippen molar-refractivity contribution in [2.45, 2.75) is 226 Å². The highest BCUT2D eigenvalue weighted by Crippen LogP contribution is 2.71. The summed E-state index contributed by atoms with van der Waals surface area (Å²) in [5, 5.41) is 141. The van der Waals surface area contributed by atoms with E-state index in [0.717, 1.165) is 51.6 Å². The Bertz CT molecular complexity index is 1860. The fourth-order valence-electron chi connectivity index (χ4n) is 15.9. The summed E-state index contributed by atoms with van der Waals surface area (Å²) in [6.07, 6.45) is -26.9. The fraction of sp³-hybridized carbons (Fsp3) is 1.00. The molecule has 4 aliphatic carbocycles. The number of hydrogen-bond acceptors (Lipinski definition) is 23. The highest BCUT2D eigenvalue weighted by Gasteiger charge is 2.70. The first-order valence-electron chi connectivity index (χ1n) is 26.8. The average Bonchev–Trinajstić information content (AvgIpc) is 3.82. The second-order valence-corrected chi connectivity index (χ2v) is 24.0. The predicted molar refractivity (Wildman–Crippen MR) is 244 cm³/mol. The van der Waals surface area contributed by atoms with Crippen molar-refractivity contribution in [3.05, 3.63) is 0 Å². The first-order chi connectivity index (χ1) is 34.7. The van der Waals surface area contributed by atoms with Gasteiger partial charge in [-0.15, -0.1) is 0 Å². The van der Waals surface area contributed by atoms with E-state index < -0.39 is 167 Å². The van der Waals surface area contributed by atoms with E-state index in [-0.39, 0.29) is 23.9 Å². The van der Waals surface area contributed by atoms with E-state index >= 15 is 0 Å². The molecule has 23 heteroatoms. The van der Waals surface area contributed by atoms with Gasteiger partial charge in [-0.1, -0.05) is 27.7 Å². The molecular formula is C50H82O23. The minimum Gasteiger partial charge on any atom is -0.394 e. The molecule has 0 amide bonds. The second-order valence-electron chi connectivity index (χ2n) is 24.0. The van der Waals surface area contributed by atoms with Gasteiger partial charge in [-0.3, -0.25) is 0 Å². The standard InChI is InChI=1S/C50H82O23/c1-19-7-10-50(65-17-19)20(2)32-27(73-50)13-25-23-6-5-21-11-22(12-31(55)49(21,4)24(23)8-9-48(25,32)3)66-45-40(63)37(60)41(30(16-53)69-45)70-47-43(72-44-38(61)33(56)26(54)18-64-44)42(35(58)29(15-52)68-47)71-46-39(62)36(59)34(57)28(14-51)67-46/h19-47,51-63H,5-18H2,1-4H3/t19-,20-,21+,22-,23+,24-,25-,26-,27-,28-,29-,30-,31+,32-,33+,34-,35-,36+,37-,38-,39-,40-,41-,42+,43-,44+,45-,46+,47+,48+,49-,50+/m0/s1. The number of rotatable bonds is 11. The lowest BCUT2D eigenvalue weighted by Gasteiger charge is -2.62. The van der Waals surface area contributed by atoms with E-state index in [4.69, 9.17) is 47.4 Å². The normalized spacial score (nSPS) is 58.2. The van der Waals surface area contributed by atoms with Crippen LogP contribution in [0.3, 0.4) is 0 Å². The molecule has 32 atom stereocenters. The minimum absolute atomic E-state index is 0.0867. The van der Waals surface area contributed by atoms with E-state index in [1.807, 2.05) is 0 Å². The van der Waals surface area contributed by atoms with Crippen LogP contribution in [0.2, 0.25) is 0 Å². The van der Waals surface area contributed by atoms with Crippen LogP contribution in [-0.2, 0) is 47.4 Å². The van der Waals surface area contributed by atoms with Gasteiger partial charge in [-0.25, -0.2) is 0 Å². The Morgan fingerprint density at radius 1 is 0.534 bits per heavy atom. The van der Waals surface area contributed by atoms with Crippen LogP contribution in [0.4, 0.5) is 0 Å². The van der Waals surface area contributed by atoms with Gasteiger partial charge in [0.2, 0.25) is 0 Å². The van der Waals surface area contributed by atoms with E-state index in [2.05, 4.69) is 27.7 Å². The summed E-state index contributed by atoms with van der Waals surface area (Å²) >= 11 is 0. The van der Waals surface area contributed by atoms with Gasteiger partial charge in [0.1, 0.15) is 91.6 Å². The number of aliphatic hydroxyl groups is 13. The molecule has 13 N–H and O–H groups in total. The third kappa shape index (κ3) is 9.39. The molecule has 10 aliphatic rings. The molecule has 10 rings (SSSR count). The number of hydrogen-bond donors (Lipinski definition) is 13.